The lowest BCUT2D eigenvalue weighted by Crippen LogP contribution is -2.24. The van der Waals surface area contributed by atoms with Crippen LogP contribution in [0.3, 0.4) is 0 Å². The molecular formula is C13H20N4O. The van der Waals surface area contributed by atoms with E-state index in [0.29, 0.717) is 18.1 Å². The van der Waals surface area contributed by atoms with E-state index in [4.69, 9.17) is 0 Å². The Kier molecular flexibility index (Phi) is 6.46. The summed E-state index contributed by atoms with van der Waals surface area (Å²) in [6, 6.07) is 0. The molecule has 0 saturated heterocycles. The van der Waals surface area contributed by atoms with Gasteiger partial charge in [-0.15, -0.1) is 6.58 Å². The van der Waals surface area contributed by atoms with Crippen molar-refractivity contribution in [1.29, 1.82) is 0 Å². The molecule has 0 saturated carbocycles. The molecule has 1 heterocycles. The lowest BCUT2D eigenvalue weighted by atomic mass is 10.2. The molecule has 0 spiro atoms. The maximum absolute atomic E-state index is 11.5. The Morgan fingerprint density at radius 1 is 1.39 bits per heavy atom. The SMILES string of the molecule is C=CCNC(=O)c1cnc(NCCCCC)cn1. The van der Waals surface area contributed by atoms with E-state index in [1.54, 1.807) is 12.3 Å². The van der Waals surface area contributed by atoms with Crippen molar-refractivity contribution in [3.8, 4) is 0 Å². The molecule has 0 atom stereocenters. The molecule has 5 heteroatoms. The van der Waals surface area contributed by atoms with E-state index in [1.807, 2.05) is 0 Å². The normalized spacial score (nSPS) is 9.83. The minimum Gasteiger partial charge on any atom is -0.369 e. The molecule has 0 aliphatic carbocycles. The van der Waals surface area contributed by atoms with Gasteiger partial charge in [-0.25, -0.2) is 9.97 Å². The molecule has 1 rings (SSSR count). The lowest BCUT2D eigenvalue weighted by Gasteiger charge is -2.05. The van der Waals surface area contributed by atoms with Crippen LogP contribution in [-0.4, -0.2) is 29.0 Å². The second-order valence-electron chi connectivity index (χ2n) is 3.92. The van der Waals surface area contributed by atoms with Gasteiger partial charge in [-0.3, -0.25) is 4.79 Å². The molecule has 1 aromatic heterocycles. The molecule has 0 aliphatic rings. The number of carbonyl (C=O) groups excluding carboxylic acids is 1. The molecule has 1 amide bonds. The first-order valence-electron chi connectivity index (χ1n) is 6.23. The first-order chi connectivity index (χ1) is 8.77. The van der Waals surface area contributed by atoms with Crippen LogP contribution in [0.1, 0.15) is 36.7 Å². The zero-order valence-corrected chi connectivity index (χ0v) is 10.8. The van der Waals surface area contributed by atoms with Gasteiger partial charge < -0.3 is 10.6 Å². The number of hydrogen-bond donors (Lipinski definition) is 2. The Morgan fingerprint density at radius 2 is 2.22 bits per heavy atom. The summed E-state index contributed by atoms with van der Waals surface area (Å²) < 4.78 is 0. The molecule has 1 aromatic rings. The molecule has 0 unspecified atom stereocenters. The highest BCUT2D eigenvalue weighted by Crippen LogP contribution is 2.02. The van der Waals surface area contributed by atoms with E-state index in [-0.39, 0.29) is 5.91 Å². The number of amides is 1. The van der Waals surface area contributed by atoms with E-state index in [2.05, 4.69) is 34.1 Å². The van der Waals surface area contributed by atoms with Crippen molar-refractivity contribution in [1.82, 2.24) is 15.3 Å². The smallest absolute Gasteiger partial charge is 0.271 e. The van der Waals surface area contributed by atoms with Crippen molar-refractivity contribution < 1.29 is 4.79 Å². The van der Waals surface area contributed by atoms with Crippen molar-refractivity contribution in [2.24, 2.45) is 0 Å². The van der Waals surface area contributed by atoms with Gasteiger partial charge in [0.15, 0.2) is 0 Å². The summed E-state index contributed by atoms with van der Waals surface area (Å²) in [5, 5.41) is 5.82. The third kappa shape index (κ3) is 4.95. The number of anilines is 1. The number of rotatable bonds is 8. The van der Waals surface area contributed by atoms with Crippen molar-refractivity contribution in [2.75, 3.05) is 18.4 Å². The predicted octanol–water partition coefficient (Wildman–Crippen LogP) is 1.99. The van der Waals surface area contributed by atoms with Crippen LogP contribution in [0.15, 0.2) is 25.0 Å². The number of unbranched alkanes of at least 4 members (excludes halogenated alkanes) is 2. The highest BCUT2D eigenvalue weighted by atomic mass is 16.1. The lowest BCUT2D eigenvalue weighted by molar-refractivity contribution is 0.0952. The standard InChI is InChI=1S/C13H20N4O/c1-3-5-6-8-14-12-10-16-11(9-17-12)13(18)15-7-4-2/h4,9-10H,2-3,5-8H2,1H3,(H,14,17)(H,15,18). The summed E-state index contributed by atoms with van der Waals surface area (Å²) in [7, 11) is 0. The van der Waals surface area contributed by atoms with Gasteiger partial charge in [-0.2, -0.15) is 0 Å². The van der Waals surface area contributed by atoms with E-state index in [1.165, 1.54) is 19.0 Å². The van der Waals surface area contributed by atoms with Gasteiger partial charge in [0.25, 0.3) is 5.91 Å². The maximum Gasteiger partial charge on any atom is 0.271 e. The van der Waals surface area contributed by atoms with Crippen molar-refractivity contribution in [3.05, 3.63) is 30.7 Å². The number of aromatic nitrogens is 2. The molecule has 0 radical (unpaired) electrons. The zero-order chi connectivity index (χ0) is 13.2. The van der Waals surface area contributed by atoms with E-state index in [0.717, 1.165) is 13.0 Å². The molecule has 98 valence electrons. The number of nitrogens with zero attached hydrogens (tertiary/aromatic N) is 2. The second kappa shape index (κ2) is 8.22. The highest BCUT2D eigenvalue weighted by Gasteiger charge is 2.05. The molecule has 0 aliphatic heterocycles. The minimum atomic E-state index is -0.236. The molecule has 5 nitrogen and oxygen atoms in total. The van der Waals surface area contributed by atoms with Crippen LogP contribution in [0.5, 0.6) is 0 Å². The van der Waals surface area contributed by atoms with Crippen LogP contribution in [0.2, 0.25) is 0 Å². The number of nitrogens with one attached hydrogen (secondary N) is 2. The molecule has 0 fully saturated rings. The average Bonchev–Trinajstić information content (AvgIpc) is 2.41. The maximum atomic E-state index is 11.5. The fourth-order valence-electron chi connectivity index (χ4n) is 1.38. The summed E-state index contributed by atoms with van der Waals surface area (Å²) in [6.07, 6.45) is 8.17. The van der Waals surface area contributed by atoms with Crippen LogP contribution in [-0.2, 0) is 0 Å². The molecule has 18 heavy (non-hydrogen) atoms. The van der Waals surface area contributed by atoms with Gasteiger partial charge in [0.2, 0.25) is 0 Å². The van der Waals surface area contributed by atoms with Gasteiger partial charge in [0.05, 0.1) is 12.4 Å². The summed E-state index contributed by atoms with van der Waals surface area (Å²) >= 11 is 0. The molecule has 2 N–H and O–H groups in total. The monoisotopic (exact) mass is 248 g/mol. The van der Waals surface area contributed by atoms with Crippen molar-refractivity contribution in [3.63, 3.8) is 0 Å². The number of hydrogen-bond acceptors (Lipinski definition) is 4. The summed E-state index contributed by atoms with van der Waals surface area (Å²) in [4.78, 5) is 19.7. The van der Waals surface area contributed by atoms with Gasteiger partial charge in [-0.05, 0) is 6.42 Å². The summed E-state index contributed by atoms with van der Waals surface area (Å²) in [5.41, 5.74) is 0.316. The number of carbonyl (C=O) groups is 1. The summed E-state index contributed by atoms with van der Waals surface area (Å²) in [6.45, 7) is 7.00. The third-order valence-corrected chi connectivity index (χ3v) is 2.38. The summed E-state index contributed by atoms with van der Waals surface area (Å²) in [5.74, 6) is 0.464. The Bertz CT molecular complexity index is 375. The van der Waals surface area contributed by atoms with E-state index in [9.17, 15) is 4.79 Å². The van der Waals surface area contributed by atoms with Gasteiger partial charge in [-0.1, -0.05) is 25.8 Å². The first-order valence-corrected chi connectivity index (χ1v) is 6.23. The quantitative estimate of drug-likeness (QED) is 0.545. The Hall–Kier alpha value is -1.91. The third-order valence-electron chi connectivity index (χ3n) is 2.38. The Balaban J connectivity index is 2.41. The van der Waals surface area contributed by atoms with Crippen molar-refractivity contribution in [2.45, 2.75) is 26.2 Å². The fraction of sp³-hybridized carbons (Fsp3) is 0.462. The van der Waals surface area contributed by atoms with Gasteiger partial charge in [0.1, 0.15) is 11.5 Å². The van der Waals surface area contributed by atoms with Crippen LogP contribution in [0.4, 0.5) is 5.82 Å². The van der Waals surface area contributed by atoms with Gasteiger partial charge in [0, 0.05) is 13.1 Å². The predicted molar refractivity (Wildman–Crippen MR) is 72.6 cm³/mol. The van der Waals surface area contributed by atoms with Crippen LogP contribution in [0.25, 0.3) is 0 Å². The zero-order valence-electron chi connectivity index (χ0n) is 10.8. The highest BCUT2D eigenvalue weighted by molar-refractivity contribution is 5.92. The molecule has 0 aromatic carbocycles. The van der Waals surface area contributed by atoms with Crippen LogP contribution >= 0.6 is 0 Å². The molecular weight excluding hydrogens is 228 g/mol. The van der Waals surface area contributed by atoms with Crippen molar-refractivity contribution >= 4 is 11.7 Å². The second-order valence-corrected chi connectivity index (χ2v) is 3.92. The Labute approximate surface area is 108 Å². The fourth-order valence-corrected chi connectivity index (χ4v) is 1.38. The van der Waals surface area contributed by atoms with Crippen LogP contribution < -0.4 is 10.6 Å². The topological polar surface area (TPSA) is 66.9 Å². The molecule has 0 bridgehead atoms. The average molecular weight is 248 g/mol. The van der Waals surface area contributed by atoms with E-state index >= 15 is 0 Å². The first kappa shape index (κ1) is 14.2. The van der Waals surface area contributed by atoms with Gasteiger partial charge >= 0.3 is 0 Å². The largest absolute Gasteiger partial charge is 0.369 e. The van der Waals surface area contributed by atoms with Crippen LogP contribution in [0, 0.1) is 0 Å². The minimum absolute atomic E-state index is 0.236. The Morgan fingerprint density at radius 3 is 2.83 bits per heavy atom. The van der Waals surface area contributed by atoms with E-state index < -0.39 is 0 Å².